The van der Waals surface area contributed by atoms with Crippen molar-refractivity contribution in [2.75, 3.05) is 0 Å². The summed E-state index contributed by atoms with van der Waals surface area (Å²) in [5.41, 5.74) is 15.1. The summed E-state index contributed by atoms with van der Waals surface area (Å²) in [5.74, 6) is 1.81. The molecule has 0 saturated heterocycles. The van der Waals surface area contributed by atoms with Gasteiger partial charge in [0.2, 0.25) is 0 Å². The Morgan fingerprint density at radius 2 is 0.942 bits per heavy atom. The fourth-order valence-electron chi connectivity index (χ4n) is 9.14. The van der Waals surface area contributed by atoms with Gasteiger partial charge < -0.3 is 4.74 Å². The van der Waals surface area contributed by atoms with Gasteiger partial charge in [-0.25, -0.2) is 0 Å². The summed E-state index contributed by atoms with van der Waals surface area (Å²) in [6.07, 6.45) is 0. The lowest BCUT2D eigenvalue weighted by Crippen LogP contribution is -2.14. The van der Waals surface area contributed by atoms with E-state index < -0.39 is 0 Å². The predicted molar refractivity (Wildman–Crippen MR) is 218 cm³/mol. The van der Waals surface area contributed by atoms with Crippen molar-refractivity contribution in [3.05, 3.63) is 181 Å². The number of hydrogen-bond donors (Lipinski definition) is 0. The SMILES string of the molecule is CC1(C)c2ccccc2-c2ccc(-c3ccc4c(c3)Oc3cccc5c3c-4cc3c4ccccc4c(-c4ccccc4-c4ccccc4)cc53)cc21. The zero-order chi connectivity index (χ0) is 34.6. The van der Waals surface area contributed by atoms with Crippen LogP contribution in [0.5, 0.6) is 11.5 Å². The van der Waals surface area contributed by atoms with E-state index in [0.29, 0.717) is 0 Å². The molecule has 52 heavy (non-hydrogen) atoms. The molecule has 0 fully saturated rings. The Morgan fingerprint density at radius 1 is 0.327 bits per heavy atom. The molecule has 0 aromatic heterocycles. The van der Waals surface area contributed by atoms with Crippen molar-refractivity contribution in [3.63, 3.8) is 0 Å². The first-order valence-electron chi connectivity index (χ1n) is 18.2. The van der Waals surface area contributed by atoms with Gasteiger partial charge in [0.1, 0.15) is 11.5 Å². The molecule has 0 spiro atoms. The molecule has 0 atom stereocenters. The molecule has 0 N–H and O–H groups in total. The summed E-state index contributed by atoms with van der Waals surface area (Å²) in [7, 11) is 0. The zero-order valence-corrected chi connectivity index (χ0v) is 29.1. The second-order valence-corrected chi connectivity index (χ2v) is 14.8. The van der Waals surface area contributed by atoms with Crippen molar-refractivity contribution < 1.29 is 4.74 Å². The Morgan fingerprint density at radius 3 is 1.79 bits per heavy atom. The van der Waals surface area contributed by atoms with Crippen molar-refractivity contribution in [3.8, 4) is 67.1 Å². The van der Waals surface area contributed by atoms with E-state index in [1.807, 2.05) is 0 Å². The Labute approximate surface area is 303 Å². The molecule has 1 heteroatoms. The van der Waals surface area contributed by atoms with Gasteiger partial charge in [-0.1, -0.05) is 147 Å². The molecule has 0 saturated carbocycles. The lowest BCUT2D eigenvalue weighted by atomic mass is 9.81. The molecular formula is C51H34O. The van der Waals surface area contributed by atoms with E-state index >= 15 is 0 Å². The Balaban J connectivity index is 1.10. The van der Waals surface area contributed by atoms with E-state index in [1.54, 1.807) is 0 Å². The highest BCUT2D eigenvalue weighted by molar-refractivity contribution is 6.25. The molecule has 1 heterocycles. The van der Waals surface area contributed by atoms with E-state index in [-0.39, 0.29) is 5.41 Å². The molecule has 244 valence electrons. The molecule has 9 aromatic rings. The number of fused-ring (bicyclic) bond motifs is 9. The number of hydrogen-bond acceptors (Lipinski definition) is 1. The predicted octanol–water partition coefficient (Wildman–Crippen LogP) is 14.2. The Kier molecular flexibility index (Phi) is 6.08. The number of ether oxygens (including phenoxy) is 1. The average Bonchev–Trinajstić information content (AvgIpc) is 3.43. The molecule has 0 amide bonds. The van der Waals surface area contributed by atoms with Crippen molar-refractivity contribution in [1.82, 2.24) is 0 Å². The van der Waals surface area contributed by atoms with Gasteiger partial charge in [-0.2, -0.15) is 0 Å². The van der Waals surface area contributed by atoms with Crippen molar-refractivity contribution in [1.29, 1.82) is 0 Å². The molecule has 1 aliphatic heterocycles. The fourth-order valence-corrected chi connectivity index (χ4v) is 9.14. The number of benzene rings is 9. The van der Waals surface area contributed by atoms with Crippen LogP contribution in [0.4, 0.5) is 0 Å². The fraction of sp³-hybridized carbons (Fsp3) is 0.0588. The van der Waals surface area contributed by atoms with Crippen LogP contribution < -0.4 is 4.74 Å². The van der Waals surface area contributed by atoms with E-state index in [9.17, 15) is 0 Å². The minimum absolute atomic E-state index is 0.0471. The lowest BCUT2D eigenvalue weighted by molar-refractivity contribution is 0.487. The summed E-state index contributed by atoms with van der Waals surface area (Å²) in [4.78, 5) is 0. The molecule has 1 nitrogen and oxygen atoms in total. The van der Waals surface area contributed by atoms with Crippen LogP contribution in [0, 0.1) is 0 Å². The zero-order valence-electron chi connectivity index (χ0n) is 29.1. The van der Waals surface area contributed by atoms with Crippen LogP contribution in [0.25, 0.3) is 88.0 Å². The Hall–Kier alpha value is -6.44. The smallest absolute Gasteiger partial charge is 0.135 e. The summed E-state index contributed by atoms with van der Waals surface area (Å²) in [6, 6.07) is 62.3. The molecule has 2 aliphatic rings. The molecule has 0 radical (unpaired) electrons. The largest absolute Gasteiger partial charge is 0.456 e. The first-order valence-corrected chi connectivity index (χ1v) is 18.2. The highest BCUT2D eigenvalue weighted by atomic mass is 16.5. The van der Waals surface area contributed by atoms with Crippen molar-refractivity contribution in [2.45, 2.75) is 19.3 Å². The van der Waals surface area contributed by atoms with Crippen molar-refractivity contribution in [2.24, 2.45) is 0 Å². The second-order valence-electron chi connectivity index (χ2n) is 14.8. The van der Waals surface area contributed by atoms with Crippen LogP contribution >= 0.6 is 0 Å². The average molecular weight is 663 g/mol. The summed E-state index contributed by atoms with van der Waals surface area (Å²) < 4.78 is 6.82. The minimum atomic E-state index is -0.0471. The topological polar surface area (TPSA) is 9.23 Å². The first kappa shape index (κ1) is 29.3. The maximum absolute atomic E-state index is 6.82. The molecule has 1 aliphatic carbocycles. The van der Waals surface area contributed by atoms with E-state index in [4.69, 9.17) is 4.74 Å². The maximum Gasteiger partial charge on any atom is 0.135 e. The quantitative estimate of drug-likeness (QED) is 0.171. The first-order chi connectivity index (χ1) is 25.5. The van der Waals surface area contributed by atoms with E-state index in [2.05, 4.69) is 184 Å². The molecule has 9 aromatic carbocycles. The molecule has 0 bridgehead atoms. The third-order valence-electron chi connectivity index (χ3n) is 11.7. The van der Waals surface area contributed by atoms with Gasteiger partial charge >= 0.3 is 0 Å². The van der Waals surface area contributed by atoms with E-state index in [0.717, 1.165) is 22.6 Å². The summed E-state index contributed by atoms with van der Waals surface area (Å²) >= 11 is 0. The standard InChI is InChI=1S/C51H34O/c1-51(2)46-21-11-10-19-38(46)39-25-23-32(27-47(39)51)33-24-26-40-45-30-43-37-18-9-8-17-36(37)42(35-16-7-6-15-34(35)31-13-4-3-5-14-31)29-44(43)41-20-12-22-48(50(41)45)52-49(40)28-33/h3-30H,1-2H3. The molecule has 11 rings (SSSR count). The third kappa shape index (κ3) is 4.11. The van der Waals surface area contributed by atoms with Gasteiger partial charge in [-0.05, 0) is 125 Å². The monoisotopic (exact) mass is 662 g/mol. The van der Waals surface area contributed by atoms with Gasteiger partial charge in [0.05, 0.1) is 0 Å². The normalized spacial score (nSPS) is 13.5. The van der Waals surface area contributed by atoms with Gasteiger partial charge in [-0.15, -0.1) is 0 Å². The van der Waals surface area contributed by atoms with Crippen LogP contribution in [0.2, 0.25) is 0 Å². The minimum Gasteiger partial charge on any atom is -0.456 e. The highest BCUT2D eigenvalue weighted by Gasteiger charge is 2.35. The molecular weight excluding hydrogens is 629 g/mol. The van der Waals surface area contributed by atoms with Crippen LogP contribution in [-0.4, -0.2) is 0 Å². The van der Waals surface area contributed by atoms with Crippen LogP contribution in [-0.2, 0) is 5.41 Å². The van der Waals surface area contributed by atoms with Crippen molar-refractivity contribution >= 4 is 32.3 Å². The maximum atomic E-state index is 6.82. The van der Waals surface area contributed by atoms with Gasteiger partial charge in [0.25, 0.3) is 0 Å². The van der Waals surface area contributed by atoms with Gasteiger partial charge in [0, 0.05) is 16.4 Å². The van der Waals surface area contributed by atoms with Gasteiger partial charge in [0.15, 0.2) is 0 Å². The van der Waals surface area contributed by atoms with Crippen LogP contribution in [0.15, 0.2) is 170 Å². The molecule has 0 unspecified atom stereocenters. The van der Waals surface area contributed by atoms with E-state index in [1.165, 1.54) is 88.0 Å². The van der Waals surface area contributed by atoms with Gasteiger partial charge in [-0.3, -0.25) is 0 Å². The third-order valence-corrected chi connectivity index (χ3v) is 11.7. The lowest BCUT2D eigenvalue weighted by Gasteiger charge is -2.24. The highest BCUT2D eigenvalue weighted by Crippen LogP contribution is 2.53. The Bertz CT molecular complexity index is 2950. The van der Waals surface area contributed by atoms with Crippen LogP contribution in [0.3, 0.4) is 0 Å². The second kappa shape index (κ2) is 10.8. The summed E-state index contributed by atoms with van der Waals surface area (Å²) in [5, 5.41) is 7.39. The van der Waals surface area contributed by atoms with Crippen LogP contribution in [0.1, 0.15) is 25.0 Å². The number of rotatable bonds is 3. The summed E-state index contributed by atoms with van der Waals surface area (Å²) in [6.45, 7) is 4.68.